The lowest BCUT2D eigenvalue weighted by Crippen LogP contribution is -2.30. The topological polar surface area (TPSA) is 37.4 Å². The standard InChI is InChI=1S/C14H13BrFNO2S/c1-2-17(11-6-4-3-5-7-11)20(18,19)12-8-9-13(15)14(16)10-12/h3-10H,2H2,1H3. The first-order valence-electron chi connectivity index (χ1n) is 5.99. The number of para-hydroxylation sites is 1. The molecule has 0 aliphatic rings. The van der Waals surface area contributed by atoms with Crippen LogP contribution in [-0.4, -0.2) is 15.0 Å². The summed E-state index contributed by atoms with van der Waals surface area (Å²) in [6, 6.07) is 12.5. The van der Waals surface area contributed by atoms with Gasteiger partial charge in [-0.2, -0.15) is 0 Å². The summed E-state index contributed by atoms with van der Waals surface area (Å²) < 4.78 is 40.2. The van der Waals surface area contributed by atoms with Gasteiger partial charge < -0.3 is 0 Å². The Morgan fingerprint density at radius 2 is 1.80 bits per heavy atom. The number of hydrogen-bond acceptors (Lipinski definition) is 2. The Kier molecular flexibility index (Phi) is 4.45. The van der Waals surface area contributed by atoms with Crippen LogP contribution in [0.1, 0.15) is 6.92 Å². The molecule has 0 N–H and O–H groups in total. The Morgan fingerprint density at radius 1 is 1.15 bits per heavy atom. The Balaban J connectivity index is 2.50. The minimum absolute atomic E-state index is 0.0658. The first-order chi connectivity index (χ1) is 9.46. The molecule has 3 nitrogen and oxygen atoms in total. The molecule has 0 radical (unpaired) electrons. The number of hydrogen-bond donors (Lipinski definition) is 0. The summed E-state index contributed by atoms with van der Waals surface area (Å²) in [6.45, 7) is 2.00. The van der Waals surface area contributed by atoms with Crippen molar-refractivity contribution in [3.63, 3.8) is 0 Å². The number of sulfonamides is 1. The Hall–Kier alpha value is -1.40. The van der Waals surface area contributed by atoms with Gasteiger partial charge in [-0.05, 0) is 53.2 Å². The summed E-state index contributed by atoms with van der Waals surface area (Å²) in [5.74, 6) is -0.602. The minimum Gasteiger partial charge on any atom is -0.267 e. The predicted molar refractivity (Wildman–Crippen MR) is 80.7 cm³/mol. The van der Waals surface area contributed by atoms with Gasteiger partial charge in [-0.3, -0.25) is 4.31 Å². The van der Waals surface area contributed by atoms with E-state index >= 15 is 0 Å². The molecule has 0 bridgehead atoms. The Morgan fingerprint density at radius 3 is 2.35 bits per heavy atom. The molecule has 2 aromatic rings. The molecule has 20 heavy (non-hydrogen) atoms. The van der Waals surface area contributed by atoms with Crippen LogP contribution in [-0.2, 0) is 10.0 Å². The van der Waals surface area contributed by atoms with Crippen molar-refractivity contribution in [3.05, 3.63) is 58.8 Å². The fraction of sp³-hybridized carbons (Fsp3) is 0.143. The molecule has 0 fully saturated rings. The van der Waals surface area contributed by atoms with Gasteiger partial charge in [0.2, 0.25) is 0 Å². The van der Waals surface area contributed by atoms with Crippen LogP contribution in [0.3, 0.4) is 0 Å². The number of anilines is 1. The van der Waals surface area contributed by atoms with Crippen LogP contribution < -0.4 is 4.31 Å². The maximum atomic E-state index is 13.5. The first kappa shape index (κ1) is 15.0. The third-order valence-electron chi connectivity index (χ3n) is 2.81. The average molecular weight is 358 g/mol. The summed E-state index contributed by atoms with van der Waals surface area (Å²) >= 11 is 3.01. The Bertz CT molecular complexity index is 704. The summed E-state index contributed by atoms with van der Waals surface area (Å²) in [6.07, 6.45) is 0. The molecule has 106 valence electrons. The molecule has 0 saturated heterocycles. The van der Waals surface area contributed by atoms with E-state index < -0.39 is 15.8 Å². The van der Waals surface area contributed by atoms with Crippen molar-refractivity contribution >= 4 is 31.6 Å². The lowest BCUT2D eigenvalue weighted by atomic mass is 10.3. The van der Waals surface area contributed by atoms with E-state index in [0.29, 0.717) is 5.69 Å². The molecule has 0 amide bonds. The van der Waals surface area contributed by atoms with Crippen molar-refractivity contribution in [2.24, 2.45) is 0 Å². The van der Waals surface area contributed by atoms with E-state index in [1.54, 1.807) is 31.2 Å². The second-order valence-corrected chi connectivity index (χ2v) is 6.80. The highest BCUT2D eigenvalue weighted by Crippen LogP contribution is 2.25. The van der Waals surface area contributed by atoms with E-state index in [-0.39, 0.29) is 15.9 Å². The van der Waals surface area contributed by atoms with E-state index in [1.165, 1.54) is 16.4 Å². The van der Waals surface area contributed by atoms with Gasteiger partial charge in [-0.25, -0.2) is 12.8 Å². The van der Waals surface area contributed by atoms with Crippen LogP contribution >= 0.6 is 15.9 Å². The minimum atomic E-state index is -3.77. The van der Waals surface area contributed by atoms with Gasteiger partial charge in [0, 0.05) is 6.54 Å². The fourth-order valence-corrected chi connectivity index (χ4v) is 3.58. The zero-order chi connectivity index (χ0) is 14.8. The highest BCUT2D eigenvalue weighted by Gasteiger charge is 2.24. The highest BCUT2D eigenvalue weighted by atomic mass is 79.9. The quantitative estimate of drug-likeness (QED) is 0.834. The molecule has 0 heterocycles. The second kappa shape index (κ2) is 5.93. The van der Waals surface area contributed by atoms with E-state index in [0.717, 1.165) is 6.07 Å². The van der Waals surface area contributed by atoms with E-state index in [4.69, 9.17) is 0 Å². The van der Waals surface area contributed by atoms with Crippen LogP contribution in [0.2, 0.25) is 0 Å². The molecular formula is C14H13BrFNO2S. The van der Waals surface area contributed by atoms with Crippen molar-refractivity contribution in [1.82, 2.24) is 0 Å². The molecule has 0 saturated carbocycles. The van der Waals surface area contributed by atoms with Gasteiger partial charge in [0.1, 0.15) is 5.82 Å². The predicted octanol–water partition coefficient (Wildman–Crippen LogP) is 3.80. The van der Waals surface area contributed by atoms with Crippen molar-refractivity contribution in [3.8, 4) is 0 Å². The lowest BCUT2D eigenvalue weighted by Gasteiger charge is -2.22. The summed E-state index contributed by atoms with van der Waals surface area (Å²) in [4.78, 5) is -0.0658. The van der Waals surface area contributed by atoms with E-state index in [1.807, 2.05) is 6.07 Å². The molecular weight excluding hydrogens is 345 g/mol. The van der Waals surface area contributed by atoms with Gasteiger partial charge in [-0.15, -0.1) is 0 Å². The number of halogens is 2. The number of benzene rings is 2. The smallest absolute Gasteiger partial charge is 0.264 e. The van der Waals surface area contributed by atoms with Gasteiger partial charge in [0.15, 0.2) is 0 Å². The second-order valence-electron chi connectivity index (χ2n) is 4.08. The van der Waals surface area contributed by atoms with Crippen molar-refractivity contribution in [1.29, 1.82) is 0 Å². The van der Waals surface area contributed by atoms with Crippen LogP contribution in [0.15, 0.2) is 57.9 Å². The zero-order valence-electron chi connectivity index (χ0n) is 10.8. The first-order valence-corrected chi connectivity index (χ1v) is 8.23. The van der Waals surface area contributed by atoms with E-state index in [9.17, 15) is 12.8 Å². The van der Waals surface area contributed by atoms with Crippen LogP contribution in [0.5, 0.6) is 0 Å². The lowest BCUT2D eigenvalue weighted by molar-refractivity contribution is 0.586. The van der Waals surface area contributed by atoms with Crippen LogP contribution in [0, 0.1) is 5.82 Å². The summed E-state index contributed by atoms with van der Waals surface area (Å²) in [7, 11) is -3.77. The zero-order valence-corrected chi connectivity index (χ0v) is 13.2. The summed E-state index contributed by atoms with van der Waals surface area (Å²) in [5, 5.41) is 0. The van der Waals surface area contributed by atoms with Gasteiger partial charge in [0.25, 0.3) is 10.0 Å². The van der Waals surface area contributed by atoms with Crippen LogP contribution in [0.4, 0.5) is 10.1 Å². The monoisotopic (exact) mass is 357 g/mol. The van der Waals surface area contributed by atoms with E-state index in [2.05, 4.69) is 15.9 Å². The SMILES string of the molecule is CCN(c1ccccc1)S(=O)(=O)c1ccc(Br)c(F)c1. The average Bonchev–Trinajstić information content (AvgIpc) is 2.43. The number of rotatable bonds is 4. The molecule has 6 heteroatoms. The largest absolute Gasteiger partial charge is 0.267 e. The molecule has 0 aliphatic heterocycles. The maximum absolute atomic E-state index is 13.5. The molecule has 0 aliphatic carbocycles. The Labute approximate surface area is 126 Å². The van der Waals surface area contributed by atoms with Gasteiger partial charge in [0.05, 0.1) is 15.1 Å². The molecule has 2 aromatic carbocycles. The van der Waals surface area contributed by atoms with Crippen molar-refractivity contribution in [2.75, 3.05) is 10.8 Å². The van der Waals surface area contributed by atoms with Crippen molar-refractivity contribution in [2.45, 2.75) is 11.8 Å². The molecule has 2 rings (SSSR count). The third kappa shape index (κ3) is 2.86. The molecule has 0 spiro atoms. The van der Waals surface area contributed by atoms with Crippen LogP contribution in [0.25, 0.3) is 0 Å². The third-order valence-corrected chi connectivity index (χ3v) is 5.35. The highest BCUT2D eigenvalue weighted by molar-refractivity contribution is 9.10. The van der Waals surface area contributed by atoms with Gasteiger partial charge >= 0.3 is 0 Å². The normalized spacial score (nSPS) is 11.3. The molecule has 0 atom stereocenters. The maximum Gasteiger partial charge on any atom is 0.264 e. The molecule has 0 aromatic heterocycles. The van der Waals surface area contributed by atoms with Gasteiger partial charge in [-0.1, -0.05) is 18.2 Å². The number of nitrogens with zero attached hydrogens (tertiary/aromatic N) is 1. The van der Waals surface area contributed by atoms with Crippen molar-refractivity contribution < 1.29 is 12.8 Å². The fourth-order valence-electron chi connectivity index (χ4n) is 1.85. The molecule has 0 unspecified atom stereocenters. The summed E-state index contributed by atoms with van der Waals surface area (Å²) in [5.41, 5.74) is 0.554.